The predicted octanol–water partition coefficient (Wildman–Crippen LogP) is 3.96. The first-order valence-electron chi connectivity index (χ1n) is 6.09. The third kappa shape index (κ3) is 2.61. The van der Waals surface area contributed by atoms with Gasteiger partial charge in [0.1, 0.15) is 0 Å². The zero-order valence-corrected chi connectivity index (χ0v) is 10.3. The van der Waals surface area contributed by atoms with Crippen molar-refractivity contribution < 1.29 is 0 Å². The second-order valence-corrected chi connectivity index (χ2v) is 5.56. The van der Waals surface area contributed by atoms with Gasteiger partial charge in [0, 0.05) is 6.04 Å². The van der Waals surface area contributed by atoms with E-state index >= 15 is 0 Å². The van der Waals surface area contributed by atoms with E-state index in [4.69, 9.17) is 5.73 Å². The lowest BCUT2D eigenvalue weighted by Gasteiger charge is -2.32. The van der Waals surface area contributed by atoms with Crippen molar-refractivity contribution in [2.75, 3.05) is 0 Å². The molecule has 2 heteroatoms. The molecular weight excluding hydrogens is 202 g/mol. The van der Waals surface area contributed by atoms with Gasteiger partial charge in [-0.25, -0.2) is 0 Å². The second kappa shape index (κ2) is 5.13. The fourth-order valence-electron chi connectivity index (χ4n) is 2.77. The molecule has 0 spiro atoms. The molecular formula is C13H21NS. The molecule has 2 N–H and O–H groups in total. The van der Waals surface area contributed by atoms with Crippen LogP contribution in [0.1, 0.15) is 50.6 Å². The van der Waals surface area contributed by atoms with E-state index in [-0.39, 0.29) is 6.04 Å². The molecule has 15 heavy (non-hydrogen) atoms. The summed E-state index contributed by atoms with van der Waals surface area (Å²) < 4.78 is 0. The average molecular weight is 223 g/mol. The molecule has 0 radical (unpaired) electrons. The first-order chi connectivity index (χ1) is 7.31. The van der Waals surface area contributed by atoms with Gasteiger partial charge in [0.15, 0.2) is 0 Å². The van der Waals surface area contributed by atoms with Crippen LogP contribution in [0, 0.1) is 11.8 Å². The highest BCUT2D eigenvalue weighted by atomic mass is 32.1. The van der Waals surface area contributed by atoms with Crippen molar-refractivity contribution in [3.8, 4) is 0 Å². The molecule has 84 valence electrons. The Bertz CT molecular complexity index is 281. The number of hydrogen-bond donors (Lipinski definition) is 1. The summed E-state index contributed by atoms with van der Waals surface area (Å²) in [7, 11) is 0. The van der Waals surface area contributed by atoms with E-state index in [1.54, 1.807) is 11.3 Å². The Morgan fingerprint density at radius 2 is 2.40 bits per heavy atom. The third-order valence-electron chi connectivity index (χ3n) is 3.84. The van der Waals surface area contributed by atoms with E-state index in [1.165, 1.54) is 37.7 Å². The van der Waals surface area contributed by atoms with Crippen LogP contribution in [0.15, 0.2) is 16.8 Å². The Hall–Kier alpha value is -0.340. The molecule has 0 aliphatic heterocycles. The molecule has 1 aromatic rings. The van der Waals surface area contributed by atoms with Gasteiger partial charge >= 0.3 is 0 Å². The summed E-state index contributed by atoms with van der Waals surface area (Å²) in [5, 5.41) is 4.34. The first-order valence-corrected chi connectivity index (χ1v) is 7.03. The lowest BCUT2D eigenvalue weighted by molar-refractivity contribution is 0.230. The quantitative estimate of drug-likeness (QED) is 0.824. The molecule has 1 heterocycles. The fourth-order valence-corrected chi connectivity index (χ4v) is 3.47. The summed E-state index contributed by atoms with van der Waals surface area (Å²) in [6.45, 7) is 2.31. The van der Waals surface area contributed by atoms with Crippen molar-refractivity contribution >= 4 is 11.3 Å². The Labute approximate surface area is 96.7 Å². The fraction of sp³-hybridized carbons (Fsp3) is 0.692. The lowest BCUT2D eigenvalue weighted by Crippen LogP contribution is -2.26. The van der Waals surface area contributed by atoms with Crippen molar-refractivity contribution in [1.29, 1.82) is 0 Å². The minimum Gasteiger partial charge on any atom is -0.324 e. The van der Waals surface area contributed by atoms with Crippen molar-refractivity contribution in [2.45, 2.75) is 45.1 Å². The summed E-state index contributed by atoms with van der Waals surface area (Å²) in [4.78, 5) is 0. The highest BCUT2D eigenvalue weighted by Crippen LogP contribution is 2.37. The van der Waals surface area contributed by atoms with E-state index in [0.717, 1.165) is 11.8 Å². The molecule has 0 aromatic carbocycles. The Kier molecular flexibility index (Phi) is 3.81. The highest BCUT2D eigenvalue weighted by Gasteiger charge is 2.26. The molecule has 0 amide bonds. The normalized spacial score (nSPS) is 28.9. The number of thiophene rings is 1. The molecule has 0 saturated heterocycles. The standard InChI is InChI=1S/C13H21NS/c1-2-10-4-3-5-11(8-10)13(14)12-6-7-15-9-12/h6-7,9-11,13H,2-5,8,14H2,1H3. The van der Waals surface area contributed by atoms with Crippen LogP contribution in [0.2, 0.25) is 0 Å². The van der Waals surface area contributed by atoms with Gasteiger partial charge in [0.05, 0.1) is 0 Å². The van der Waals surface area contributed by atoms with Crippen LogP contribution in [-0.4, -0.2) is 0 Å². The predicted molar refractivity (Wildman–Crippen MR) is 67.0 cm³/mol. The SMILES string of the molecule is CCC1CCCC(C(N)c2ccsc2)C1. The smallest absolute Gasteiger partial charge is 0.0331 e. The second-order valence-electron chi connectivity index (χ2n) is 4.78. The van der Waals surface area contributed by atoms with E-state index in [9.17, 15) is 0 Å². The van der Waals surface area contributed by atoms with E-state index < -0.39 is 0 Å². The largest absolute Gasteiger partial charge is 0.324 e. The first kappa shape index (κ1) is 11.2. The Morgan fingerprint density at radius 3 is 3.07 bits per heavy atom. The number of hydrogen-bond acceptors (Lipinski definition) is 2. The summed E-state index contributed by atoms with van der Waals surface area (Å²) >= 11 is 1.76. The zero-order valence-electron chi connectivity index (χ0n) is 9.49. The molecule has 1 nitrogen and oxygen atoms in total. The van der Waals surface area contributed by atoms with Crippen molar-refractivity contribution in [3.63, 3.8) is 0 Å². The molecule has 1 aromatic heterocycles. The maximum Gasteiger partial charge on any atom is 0.0331 e. The van der Waals surface area contributed by atoms with Crippen LogP contribution in [0.25, 0.3) is 0 Å². The monoisotopic (exact) mass is 223 g/mol. The minimum atomic E-state index is 0.283. The summed E-state index contributed by atoms with van der Waals surface area (Å²) in [6.07, 6.45) is 6.79. The van der Waals surface area contributed by atoms with Crippen LogP contribution < -0.4 is 5.73 Å². The summed E-state index contributed by atoms with van der Waals surface area (Å²) in [5.41, 5.74) is 7.69. The van der Waals surface area contributed by atoms with Gasteiger partial charge < -0.3 is 5.73 Å². The average Bonchev–Trinajstić information content (AvgIpc) is 2.81. The topological polar surface area (TPSA) is 26.0 Å². The molecule has 0 bridgehead atoms. The third-order valence-corrected chi connectivity index (χ3v) is 4.54. The van der Waals surface area contributed by atoms with Gasteiger partial charge in [-0.1, -0.05) is 26.2 Å². The van der Waals surface area contributed by atoms with Crippen LogP contribution >= 0.6 is 11.3 Å². The van der Waals surface area contributed by atoms with Crippen molar-refractivity contribution in [3.05, 3.63) is 22.4 Å². The number of rotatable bonds is 3. The Morgan fingerprint density at radius 1 is 1.53 bits per heavy atom. The van der Waals surface area contributed by atoms with Crippen LogP contribution in [0.5, 0.6) is 0 Å². The van der Waals surface area contributed by atoms with Gasteiger partial charge in [-0.3, -0.25) is 0 Å². The molecule has 1 aliphatic carbocycles. The molecule has 3 atom stereocenters. The molecule has 3 unspecified atom stereocenters. The summed E-state index contributed by atoms with van der Waals surface area (Å²) in [5.74, 6) is 1.65. The van der Waals surface area contributed by atoms with Gasteiger partial charge in [-0.05, 0) is 47.1 Å². The van der Waals surface area contributed by atoms with Crippen LogP contribution in [0.4, 0.5) is 0 Å². The lowest BCUT2D eigenvalue weighted by atomic mass is 9.76. The maximum atomic E-state index is 6.34. The van der Waals surface area contributed by atoms with Crippen molar-refractivity contribution in [1.82, 2.24) is 0 Å². The molecule has 2 rings (SSSR count). The van der Waals surface area contributed by atoms with E-state index in [0.29, 0.717) is 0 Å². The minimum absolute atomic E-state index is 0.283. The van der Waals surface area contributed by atoms with E-state index in [2.05, 4.69) is 23.8 Å². The highest BCUT2D eigenvalue weighted by molar-refractivity contribution is 7.07. The van der Waals surface area contributed by atoms with Crippen molar-refractivity contribution in [2.24, 2.45) is 17.6 Å². The van der Waals surface area contributed by atoms with Crippen LogP contribution in [-0.2, 0) is 0 Å². The zero-order chi connectivity index (χ0) is 10.7. The Balaban J connectivity index is 1.98. The molecule has 1 saturated carbocycles. The summed E-state index contributed by atoms with van der Waals surface area (Å²) in [6, 6.07) is 2.47. The van der Waals surface area contributed by atoms with Gasteiger partial charge in [-0.2, -0.15) is 11.3 Å². The maximum absolute atomic E-state index is 6.34. The molecule has 1 fully saturated rings. The van der Waals surface area contributed by atoms with Gasteiger partial charge in [0.2, 0.25) is 0 Å². The van der Waals surface area contributed by atoms with Gasteiger partial charge in [0.25, 0.3) is 0 Å². The van der Waals surface area contributed by atoms with Crippen LogP contribution in [0.3, 0.4) is 0 Å². The van der Waals surface area contributed by atoms with Gasteiger partial charge in [-0.15, -0.1) is 0 Å². The van der Waals surface area contributed by atoms with E-state index in [1.807, 2.05) is 0 Å². The molecule has 1 aliphatic rings. The number of nitrogens with two attached hydrogens (primary N) is 1.